The summed E-state index contributed by atoms with van der Waals surface area (Å²) in [6.07, 6.45) is 0. The molecule has 40 heavy (non-hydrogen) atoms. The summed E-state index contributed by atoms with van der Waals surface area (Å²) in [4.78, 5) is 10.3. The highest BCUT2D eigenvalue weighted by molar-refractivity contribution is 6.12. The Bertz CT molecular complexity index is 2070. The Balaban J connectivity index is 1.29. The molecule has 0 aliphatic rings. The SMILES string of the molecule is c1cc(-c2cccc(-c3nc4ccccc4c4ccccc34)c2)cc(-c2nc3ccccc3c3ccccc23)c1. The molecule has 0 unspecified atom stereocenters. The van der Waals surface area contributed by atoms with Gasteiger partial charge in [0.2, 0.25) is 0 Å². The van der Waals surface area contributed by atoms with Crippen molar-refractivity contribution in [1.82, 2.24) is 9.97 Å². The maximum atomic E-state index is 5.13. The minimum absolute atomic E-state index is 1.01. The molecule has 0 spiro atoms. The van der Waals surface area contributed by atoms with Crippen LogP contribution in [0.2, 0.25) is 0 Å². The summed E-state index contributed by atoms with van der Waals surface area (Å²) in [5.74, 6) is 0. The van der Waals surface area contributed by atoms with Gasteiger partial charge in [-0.2, -0.15) is 0 Å². The Hall–Kier alpha value is -5.34. The molecule has 0 saturated carbocycles. The minimum atomic E-state index is 1.01. The molecule has 2 aromatic heterocycles. The van der Waals surface area contributed by atoms with Crippen LogP contribution in [0.4, 0.5) is 0 Å². The van der Waals surface area contributed by atoms with E-state index in [2.05, 4.69) is 146 Å². The van der Waals surface area contributed by atoms with Gasteiger partial charge in [-0.15, -0.1) is 0 Å². The van der Waals surface area contributed by atoms with Gasteiger partial charge in [-0.25, -0.2) is 9.97 Å². The summed E-state index contributed by atoms with van der Waals surface area (Å²) in [5.41, 5.74) is 8.57. The first-order chi connectivity index (χ1) is 19.8. The summed E-state index contributed by atoms with van der Waals surface area (Å²) in [5, 5.41) is 7.15. The summed E-state index contributed by atoms with van der Waals surface area (Å²) in [7, 11) is 0. The second-order valence-electron chi connectivity index (χ2n) is 10.2. The Morgan fingerprint density at radius 3 is 1.07 bits per heavy atom. The van der Waals surface area contributed by atoms with E-state index in [-0.39, 0.29) is 0 Å². The van der Waals surface area contributed by atoms with Crippen LogP contribution in [-0.4, -0.2) is 9.97 Å². The Labute approximate surface area is 232 Å². The third kappa shape index (κ3) is 3.65. The lowest BCUT2D eigenvalue weighted by atomic mass is 9.95. The number of hydrogen-bond acceptors (Lipinski definition) is 2. The Morgan fingerprint density at radius 2 is 0.625 bits per heavy atom. The number of aromatic nitrogens is 2. The van der Waals surface area contributed by atoms with Crippen LogP contribution in [0.1, 0.15) is 0 Å². The van der Waals surface area contributed by atoms with E-state index < -0.39 is 0 Å². The van der Waals surface area contributed by atoms with Crippen LogP contribution in [0.25, 0.3) is 77.0 Å². The predicted molar refractivity (Wildman–Crippen MR) is 168 cm³/mol. The van der Waals surface area contributed by atoms with Crippen molar-refractivity contribution in [3.05, 3.63) is 146 Å². The monoisotopic (exact) mass is 508 g/mol. The first kappa shape index (κ1) is 22.6. The lowest BCUT2D eigenvalue weighted by molar-refractivity contribution is 1.42. The zero-order valence-electron chi connectivity index (χ0n) is 21.8. The Morgan fingerprint density at radius 1 is 0.275 bits per heavy atom. The van der Waals surface area contributed by atoms with Crippen LogP contribution < -0.4 is 0 Å². The molecule has 186 valence electrons. The Kier molecular flexibility index (Phi) is 5.17. The van der Waals surface area contributed by atoms with Gasteiger partial charge in [0.1, 0.15) is 0 Å². The van der Waals surface area contributed by atoms with Crippen LogP contribution in [0, 0.1) is 0 Å². The van der Waals surface area contributed by atoms with E-state index in [0.717, 1.165) is 44.7 Å². The fourth-order valence-corrected chi connectivity index (χ4v) is 5.94. The average molecular weight is 509 g/mol. The number of pyridine rings is 2. The fourth-order valence-electron chi connectivity index (χ4n) is 5.94. The minimum Gasteiger partial charge on any atom is -0.247 e. The van der Waals surface area contributed by atoms with Crippen LogP contribution in [0.3, 0.4) is 0 Å². The number of benzene rings is 6. The molecule has 0 aliphatic carbocycles. The first-order valence-corrected chi connectivity index (χ1v) is 13.6. The van der Waals surface area contributed by atoms with E-state index in [4.69, 9.17) is 9.97 Å². The largest absolute Gasteiger partial charge is 0.247 e. The lowest BCUT2D eigenvalue weighted by Crippen LogP contribution is -1.91. The molecule has 0 N–H and O–H groups in total. The normalized spacial score (nSPS) is 11.5. The van der Waals surface area contributed by atoms with Gasteiger partial charge in [-0.05, 0) is 46.2 Å². The second kappa shape index (κ2) is 9.14. The van der Waals surface area contributed by atoms with Crippen molar-refractivity contribution in [2.45, 2.75) is 0 Å². The fraction of sp³-hybridized carbons (Fsp3) is 0. The van der Waals surface area contributed by atoms with Crippen molar-refractivity contribution < 1.29 is 0 Å². The van der Waals surface area contributed by atoms with E-state index in [9.17, 15) is 0 Å². The zero-order chi connectivity index (χ0) is 26.5. The van der Waals surface area contributed by atoms with E-state index in [1.807, 2.05) is 0 Å². The third-order valence-electron chi connectivity index (χ3n) is 7.82. The van der Waals surface area contributed by atoms with E-state index in [0.29, 0.717) is 0 Å². The van der Waals surface area contributed by atoms with Gasteiger partial charge in [0.05, 0.1) is 22.4 Å². The number of para-hydroxylation sites is 2. The van der Waals surface area contributed by atoms with Crippen molar-refractivity contribution >= 4 is 43.4 Å². The highest BCUT2D eigenvalue weighted by Crippen LogP contribution is 2.36. The average Bonchev–Trinajstić information content (AvgIpc) is 3.04. The topological polar surface area (TPSA) is 25.8 Å². The molecule has 0 atom stereocenters. The molecule has 2 heterocycles. The van der Waals surface area contributed by atoms with Crippen LogP contribution in [0.15, 0.2) is 146 Å². The molecule has 0 bridgehead atoms. The molecule has 2 heteroatoms. The van der Waals surface area contributed by atoms with Gasteiger partial charge in [-0.3, -0.25) is 0 Å². The maximum Gasteiger partial charge on any atom is 0.0788 e. The summed E-state index contributed by atoms with van der Waals surface area (Å²) < 4.78 is 0. The lowest BCUT2D eigenvalue weighted by Gasteiger charge is -2.13. The van der Waals surface area contributed by atoms with Crippen LogP contribution in [0.5, 0.6) is 0 Å². The molecule has 2 nitrogen and oxygen atoms in total. The molecule has 0 fully saturated rings. The number of hydrogen-bond donors (Lipinski definition) is 0. The van der Waals surface area contributed by atoms with Gasteiger partial charge in [0.15, 0.2) is 0 Å². The second-order valence-corrected chi connectivity index (χ2v) is 10.2. The van der Waals surface area contributed by atoms with Gasteiger partial charge >= 0.3 is 0 Å². The number of fused-ring (bicyclic) bond motifs is 6. The standard InChI is InChI=1S/C38H24N2/c1-3-19-33-29(15-1)31-17-5-7-21-35(31)39-37(33)27-13-9-11-25(23-27)26-12-10-14-28(24-26)38-34-20-4-2-16-30(34)32-18-6-8-22-36(32)40-38/h1-24H. The predicted octanol–water partition coefficient (Wildman–Crippen LogP) is 10.1. The molecular formula is C38H24N2. The van der Waals surface area contributed by atoms with Gasteiger partial charge < -0.3 is 0 Å². The highest BCUT2D eigenvalue weighted by atomic mass is 14.7. The van der Waals surface area contributed by atoms with Crippen molar-refractivity contribution in [2.24, 2.45) is 0 Å². The van der Waals surface area contributed by atoms with Gasteiger partial charge in [-0.1, -0.05) is 121 Å². The zero-order valence-corrected chi connectivity index (χ0v) is 21.8. The van der Waals surface area contributed by atoms with Crippen molar-refractivity contribution in [3.8, 4) is 33.6 Å². The van der Waals surface area contributed by atoms with Crippen molar-refractivity contribution in [2.75, 3.05) is 0 Å². The molecule has 0 aliphatic heterocycles. The highest BCUT2D eigenvalue weighted by Gasteiger charge is 2.13. The molecule has 8 rings (SSSR count). The van der Waals surface area contributed by atoms with Gasteiger partial charge in [0.25, 0.3) is 0 Å². The van der Waals surface area contributed by atoms with Crippen molar-refractivity contribution in [3.63, 3.8) is 0 Å². The van der Waals surface area contributed by atoms with Crippen molar-refractivity contribution in [1.29, 1.82) is 0 Å². The summed E-state index contributed by atoms with van der Waals surface area (Å²) in [6, 6.07) is 51.4. The molecule has 8 aromatic rings. The quantitative estimate of drug-likeness (QED) is 0.222. The van der Waals surface area contributed by atoms with E-state index in [1.165, 1.54) is 32.3 Å². The molecule has 0 radical (unpaired) electrons. The number of rotatable bonds is 3. The van der Waals surface area contributed by atoms with Crippen LogP contribution in [-0.2, 0) is 0 Å². The molecule has 6 aromatic carbocycles. The summed E-state index contributed by atoms with van der Waals surface area (Å²) >= 11 is 0. The van der Waals surface area contributed by atoms with Gasteiger partial charge in [0, 0.05) is 32.7 Å². The molecule has 0 saturated heterocycles. The number of nitrogens with zero attached hydrogens (tertiary/aromatic N) is 2. The smallest absolute Gasteiger partial charge is 0.0788 e. The molecule has 0 amide bonds. The summed E-state index contributed by atoms with van der Waals surface area (Å²) in [6.45, 7) is 0. The third-order valence-corrected chi connectivity index (χ3v) is 7.82. The van der Waals surface area contributed by atoms with Crippen LogP contribution >= 0.6 is 0 Å². The molecular weight excluding hydrogens is 484 g/mol. The first-order valence-electron chi connectivity index (χ1n) is 13.6. The van der Waals surface area contributed by atoms with E-state index in [1.54, 1.807) is 0 Å². The maximum absolute atomic E-state index is 5.13. The van der Waals surface area contributed by atoms with E-state index >= 15 is 0 Å².